The van der Waals surface area contributed by atoms with Gasteiger partial charge in [-0.15, -0.1) is 6.58 Å². The number of ether oxygens (including phenoxy) is 1. The predicted octanol–water partition coefficient (Wildman–Crippen LogP) is 2.42. The number of hydrogen-bond donors (Lipinski definition) is 2. The SMILES string of the molecule is C=CCNC(=O)C1CCC(C(=O)NCc2ccc(OC)cc2)CC1. The third-order valence-electron chi connectivity index (χ3n) is 4.52. The molecule has 2 N–H and O–H groups in total. The van der Waals surface area contributed by atoms with Crippen LogP contribution in [0.2, 0.25) is 0 Å². The second-order valence-corrected chi connectivity index (χ2v) is 6.15. The van der Waals surface area contributed by atoms with E-state index in [2.05, 4.69) is 17.2 Å². The second-order valence-electron chi connectivity index (χ2n) is 6.15. The van der Waals surface area contributed by atoms with Crippen molar-refractivity contribution in [2.24, 2.45) is 11.8 Å². The van der Waals surface area contributed by atoms with E-state index in [1.165, 1.54) is 0 Å². The lowest BCUT2D eigenvalue weighted by Crippen LogP contribution is -2.37. The molecule has 130 valence electrons. The van der Waals surface area contributed by atoms with Crippen LogP contribution in [0.3, 0.4) is 0 Å². The summed E-state index contributed by atoms with van der Waals surface area (Å²) in [5.74, 6) is 0.989. The molecule has 0 atom stereocenters. The van der Waals surface area contributed by atoms with Gasteiger partial charge in [-0.2, -0.15) is 0 Å². The number of methoxy groups -OCH3 is 1. The van der Waals surface area contributed by atoms with Gasteiger partial charge in [-0.1, -0.05) is 18.2 Å². The molecule has 0 aromatic heterocycles. The fraction of sp³-hybridized carbons (Fsp3) is 0.474. The summed E-state index contributed by atoms with van der Waals surface area (Å²) in [6, 6.07) is 7.66. The van der Waals surface area contributed by atoms with Crippen molar-refractivity contribution in [3.63, 3.8) is 0 Å². The van der Waals surface area contributed by atoms with E-state index in [1.807, 2.05) is 24.3 Å². The molecule has 24 heavy (non-hydrogen) atoms. The number of amides is 2. The molecule has 1 aliphatic rings. The van der Waals surface area contributed by atoms with E-state index in [1.54, 1.807) is 13.2 Å². The van der Waals surface area contributed by atoms with Crippen molar-refractivity contribution in [1.29, 1.82) is 0 Å². The fourth-order valence-corrected chi connectivity index (χ4v) is 3.01. The zero-order valence-corrected chi connectivity index (χ0v) is 14.2. The number of hydrogen-bond acceptors (Lipinski definition) is 3. The maximum absolute atomic E-state index is 12.3. The van der Waals surface area contributed by atoms with Crippen molar-refractivity contribution in [3.8, 4) is 5.75 Å². The highest BCUT2D eigenvalue weighted by Gasteiger charge is 2.29. The minimum absolute atomic E-state index is 0.00621. The Hall–Kier alpha value is -2.30. The molecule has 1 aromatic carbocycles. The molecular weight excluding hydrogens is 304 g/mol. The topological polar surface area (TPSA) is 67.4 Å². The van der Waals surface area contributed by atoms with Crippen LogP contribution in [0.1, 0.15) is 31.2 Å². The predicted molar refractivity (Wildman–Crippen MR) is 93.5 cm³/mol. The van der Waals surface area contributed by atoms with Crippen LogP contribution in [0.4, 0.5) is 0 Å². The van der Waals surface area contributed by atoms with Crippen LogP contribution in [0.25, 0.3) is 0 Å². The summed E-state index contributed by atoms with van der Waals surface area (Å²) in [5.41, 5.74) is 1.04. The first-order valence-electron chi connectivity index (χ1n) is 8.43. The highest BCUT2D eigenvalue weighted by atomic mass is 16.5. The zero-order valence-electron chi connectivity index (χ0n) is 14.2. The number of carbonyl (C=O) groups is 2. The normalized spacial score (nSPS) is 20.0. The number of rotatable bonds is 7. The minimum Gasteiger partial charge on any atom is -0.497 e. The van der Waals surface area contributed by atoms with Crippen LogP contribution in [-0.2, 0) is 16.1 Å². The van der Waals surface area contributed by atoms with Crippen LogP contribution in [0, 0.1) is 11.8 Å². The first-order chi connectivity index (χ1) is 11.6. The summed E-state index contributed by atoms with van der Waals surface area (Å²) >= 11 is 0. The quantitative estimate of drug-likeness (QED) is 0.755. The number of benzene rings is 1. The summed E-state index contributed by atoms with van der Waals surface area (Å²) in [4.78, 5) is 24.2. The van der Waals surface area contributed by atoms with Gasteiger partial charge in [0.15, 0.2) is 0 Å². The fourth-order valence-electron chi connectivity index (χ4n) is 3.01. The molecule has 0 radical (unpaired) electrons. The van der Waals surface area contributed by atoms with Gasteiger partial charge in [0, 0.05) is 24.9 Å². The lowest BCUT2D eigenvalue weighted by Gasteiger charge is -2.27. The highest BCUT2D eigenvalue weighted by Crippen LogP contribution is 2.29. The average molecular weight is 330 g/mol. The highest BCUT2D eigenvalue weighted by molar-refractivity contribution is 5.81. The summed E-state index contributed by atoms with van der Waals surface area (Å²) in [6.45, 7) is 4.61. The third kappa shape index (κ3) is 5.11. The van der Waals surface area contributed by atoms with Crippen LogP contribution in [0.5, 0.6) is 5.75 Å². The van der Waals surface area contributed by atoms with E-state index >= 15 is 0 Å². The molecule has 1 saturated carbocycles. The van der Waals surface area contributed by atoms with E-state index < -0.39 is 0 Å². The molecule has 2 rings (SSSR count). The Bertz CT molecular complexity index is 560. The van der Waals surface area contributed by atoms with Crippen molar-refractivity contribution in [2.45, 2.75) is 32.2 Å². The molecule has 0 aliphatic heterocycles. The lowest BCUT2D eigenvalue weighted by atomic mass is 9.81. The monoisotopic (exact) mass is 330 g/mol. The van der Waals surface area contributed by atoms with Crippen molar-refractivity contribution < 1.29 is 14.3 Å². The van der Waals surface area contributed by atoms with E-state index in [0.29, 0.717) is 13.1 Å². The van der Waals surface area contributed by atoms with Gasteiger partial charge in [0.1, 0.15) is 5.75 Å². The van der Waals surface area contributed by atoms with Crippen LogP contribution in [-0.4, -0.2) is 25.5 Å². The van der Waals surface area contributed by atoms with Crippen molar-refractivity contribution >= 4 is 11.8 Å². The minimum atomic E-state index is 0.00621. The molecular formula is C19H26N2O3. The second kappa shape index (κ2) is 9.11. The Balaban J connectivity index is 1.74. The van der Waals surface area contributed by atoms with Crippen molar-refractivity contribution in [2.75, 3.05) is 13.7 Å². The lowest BCUT2D eigenvalue weighted by molar-refractivity contribution is -0.130. The zero-order chi connectivity index (χ0) is 17.4. The van der Waals surface area contributed by atoms with Gasteiger partial charge in [0.25, 0.3) is 0 Å². The maximum Gasteiger partial charge on any atom is 0.223 e. The smallest absolute Gasteiger partial charge is 0.223 e. The van der Waals surface area contributed by atoms with Gasteiger partial charge in [-0.3, -0.25) is 9.59 Å². The molecule has 5 heteroatoms. The van der Waals surface area contributed by atoms with Gasteiger partial charge in [0.2, 0.25) is 11.8 Å². The molecule has 0 heterocycles. The van der Waals surface area contributed by atoms with Gasteiger partial charge in [-0.05, 0) is 43.4 Å². The summed E-state index contributed by atoms with van der Waals surface area (Å²) in [6.07, 6.45) is 4.74. The molecule has 0 unspecified atom stereocenters. The summed E-state index contributed by atoms with van der Waals surface area (Å²) in [5, 5.41) is 5.83. The molecule has 1 fully saturated rings. The van der Waals surface area contributed by atoms with E-state index in [-0.39, 0.29) is 23.7 Å². The van der Waals surface area contributed by atoms with Crippen LogP contribution in [0.15, 0.2) is 36.9 Å². The van der Waals surface area contributed by atoms with Gasteiger partial charge in [0.05, 0.1) is 7.11 Å². The van der Waals surface area contributed by atoms with Gasteiger partial charge >= 0.3 is 0 Å². The van der Waals surface area contributed by atoms with Gasteiger partial charge < -0.3 is 15.4 Å². The molecule has 1 aliphatic carbocycles. The molecule has 0 saturated heterocycles. The Kier molecular flexibility index (Phi) is 6.85. The van der Waals surface area contributed by atoms with Gasteiger partial charge in [-0.25, -0.2) is 0 Å². The number of nitrogens with one attached hydrogen (secondary N) is 2. The molecule has 0 spiro atoms. The summed E-state index contributed by atoms with van der Waals surface area (Å²) in [7, 11) is 1.63. The first kappa shape index (κ1) is 18.0. The van der Waals surface area contributed by atoms with Crippen LogP contribution >= 0.6 is 0 Å². The number of carbonyl (C=O) groups excluding carboxylic acids is 2. The summed E-state index contributed by atoms with van der Waals surface area (Å²) < 4.78 is 5.12. The molecule has 0 bridgehead atoms. The van der Waals surface area contributed by atoms with Crippen molar-refractivity contribution in [1.82, 2.24) is 10.6 Å². The largest absolute Gasteiger partial charge is 0.497 e. The molecule has 1 aromatic rings. The van der Waals surface area contributed by atoms with E-state index in [0.717, 1.165) is 37.0 Å². The molecule has 2 amide bonds. The van der Waals surface area contributed by atoms with E-state index in [9.17, 15) is 9.59 Å². The molecule has 5 nitrogen and oxygen atoms in total. The average Bonchev–Trinajstić information content (AvgIpc) is 2.64. The Morgan fingerprint density at radius 3 is 2.12 bits per heavy atom. The Morgan fingerprint density at radius 2 is 1.62 bits per heavy atom. The first-order valence-corrected chi connectivity index (χ1v) is 8.43. The van der Waals surface area contributed by atoms with E-state index in [4.69, 9.17) is 4.74 Å². The Labute approximate surface area is 143 Å². The standard InChI is InChI=1S/C19H26N2O3/c1-3-12-20-18(22)15-6-8-16(9-7-15)19(23)21-13-14-4-10-17(24-2)11-5-14/h3-5,10-11,15-16H,1,6-9,12-13H2,2H3,(H,20,22)(H,21,23). The maximum atomic E-state index is 12.3. The Morgan fingerprint density at radius 1 is 1.08 bits per heavy atom. The van der Waals surface area contributed by atoms with Crippen LogP contribution < -0.4 is 15.4 Å². The third-order valence-corrected chi connectivity index (χ3v) is 4.52. The van der Waals surface area contributed by atoms with Crippen molar-refractivity contribution in [3.05, 3.63) is 42.5 Å².